The monoisotopic (exact) mass is 332 g/mol. The molecule has 6 heteroatoms. The van der Waals surface area contributed by atoms with Crippen LogP contribution in [0.4, 0.5) is 5.82 Å². The summed E-state index contributed by atoms with van der Waals surface area (Å²) in [7, 11) is 0. The van der Waals surface area contributed by atoms with Gasteiger partial charge in [0.15, 0.2) is 0 Å². The van der Waals surface area contributed by atoms with Crippen molar-refractivity contribution in [2.24, 2.45) is 0 Å². The van der Waals surface area contributed by atoms with Crippen LogP contribution in [-0.2, 0) is 11.2 Å². The van der Waals surface area contributed by atoms with Crippen LogP contribution in [0.25, 0.3) is 5.69 Å². The zero-order chi connectivity index (χ0) is 17.4. The number of benzene rings is 2. The van der Waals surface area contributed by atoms with Crippen molar-refractivity contribution in [1.29, 1.82) is 0 Å². The third-order valence-electron chi connectivity index (χ3n) is 4.34. The summed E-state index contributed by atoms with van der Waals surface area (Å²) in [5.74, 6) is -1.16. The van der Waals surface area contributed by atoms with Gasteiger partial charge >= 0.3 is 0 Å². The number of carbonyl (C=O) groups excluding carboxylic acids is 2. The second-order valence-corrected chi connectivity index (χ2v) is 5.95. The largest absolute Gasteiger partial charge is 0.383 e. The number of nitrogens with zero attached hydrogens (tertiary/aromatic N) is 2. The van der Waals surface area contributed by atoms with Crippen LogP contribution in [-0.4, -0.2) is 21.6 Å². The average molecular weight is 332 g/mol. The lowest BCUT2D eigenvalue weighted by Crippen LogP contribution is -2.41. The van der Waals surface area contributed by atoms with Gasteiger partial charge in [-0.25, -0.2) is 4.68 Å². The van der Waals surface area contributed by atoms with Crippen LogP contribution in [0, 0.1) is 0 Å². The van der Waals surface area contributed by atoms with E-state index in [0.717, 1.165) is 11.3 Å². The predicted octanol–water partition coefficient (Wildman–Crippen LogP) is 2.05. The lowest BCUT2D eigenvalue weighted by Gasteiger charge is -2.20. The number of aromatic nitrogens is 2. The van der Waals surface area contributed by atoms with E-state index >= 15 is 0 Å². The maximum Gasteiger partial charge on any atom is 0.263 e. The highest BCUT2D eigenvalue weighted by Crippen LogP contribution is 2.32. The number of anilines is 1. The molecule has 2 aromatic carbocycles. The Bertz CT molecular complexity index is 948. The predicted molar refractivity (Wildman–Crippen MR) is 93.3 cm³/mol. The van der Waals surface area contributed by atoms with E-state index in [4.69, 9.17) is 5.73 Å². The standard InChI is InChI=1S/C19H16N4O2/c20-17-15-16(22-23(17)13-9-5-2-6-10-13)14(18(24)21-19(15)25)11-12-7-3-1-4-8-12/h1-10,14H,11,20H2,(H,21,24,25). The van der Waals surface area contributed by atoms with Crippen LogP contribution in [0.2, 0.25) is 0 Å². The van der Waals surface area contributed by atoms with Gasteiger partial charge in [0.05, 0.1) is 17.3 Å². The molecular formula is C19H16N4O2. The molecule has 0 fully saturated rings. The van der Waals surface area contributed by atoms with Gasteiger partial charge in [-0.05, 0) is 24.1 Å². The Kier molecular flexibility index (Phi) is 3.57. The Morgan fingerprint density at radius 2 is 1.64 bits per heavy atom. The van der Waals surface area contributed by atoms with Crippen molar-refractivity contribution in [2.45, 2.75) is 12.3 Å². The summed E-state index contributed by atoms with van der Waals surface area (Å²) >= 11 is 0. The second kappa shape index (κ2) is 5.90. The fourth-order valence-electron chi connectivity index (χ4n) is 3.12. The summed E-state index contributed by atoms with van der Waals surface area (Å²) in [5, 5.41) is 6.91. The van der Waals surface area contributed by atoms with Gasteiger partial charge < -0.3 is 5.73 Å². The summed E-state index contributed by atoms with van der Waals surface area (Å²) in [4.78, 5) is 24.7. The first-order chi connectivity index (χ1) is 12.1. The number of para-hydroxylation sites is 1. The Labute approximate surface area is 144 Å². The highest BCUT2D eigenvalue weighted by molar-refractivity contribution is 6.13. The number of hydrogen-bond acceptors (Lipinski definition) is 4. The minimum absolute atomic E-state index is 0.240. The van der Waals surface area contributed by atoms with Crippen molar-refractivity contribution in [3.63, 3.8) is 0 Å². The number of rotatable bonds is 3. The van der Waals surface area contributed by atoms with E-state index < -0.39 is 11.8 Å². The maximum absolute atomic E-state index is 12.4. The SMILES string of the molecule is Nc1c2c(nn1-c1ccccc1)C(Cc1ccccc1)C(=O)NC2=O. The Balaban J connectivity index is 1.81. The van der Waals surface area contributed by atoms with Gasteiger partial charge in [-0.1, -0.05) is 48.5 Å². The van der Waals surface area contributed by atoms with Crippen molar-refractivity contribution in [3.8, 4) is 5.69 Å². The molecule has 0 radical (unpaired) electrons. The summed E-state index contributed by atoms with van der Waals surface area (Å²) in [6.45, 7) is 0. The van der Waals surface area contributed by atoms with Crippen LogP contribution < -0.4 is 11.1 Å². The number of imide groups is 1. The minimum atomic E-state index is -0.553. The molecule has 124 valence electrons. The number of nitrogens with two attached hydrogens (primary N) is 1. The first-order valence-electron chi connectivity index (χ1n) is 7.98. The molecule has 25 heavy (non-hydrogen) atoms. The molecule has 2 heterocycles. The van der Waals surface area contributed by atoms with E-state index in [1.807, 2.05) is 60.7 Å². The normalized spacial score (nSPS) is 16.4. The Morgan fingerprint density at radius 3 is 2.32 bits per heavy atom. The molecule has 1 atom stereocenters. The third kappa shape index (κ3) is 2.57. The molecule has 6 nitrogen and oxygen atoms in total. The lowest BCUT2D eigenvalue weighted by atomic mass is 9.90. The molecular weight excluding hydrogens is 316 g/mol. The Hall–Kier alpha value is -3.41. The Morgan fingerprint density at radius 1 is 1.00 bits per heavy atom. The van der Waals surface area contributed by atoms with E-state index in [0.29, 0.717) is 12.1 Å². The van der Waals surface area contributed by atoms with Crippen molar-refractivity contribution in [1.82, 2.24) is 15.1 Å². The first-order valence-corrected chi connectivity index (χ1v) is 7.98. The van der Waals surface area contributed by atoms with Gasteiger partial charge in [-0.2, -0.15) is 5.10 Å². The van der Waals surface area contributed by atoms with E-state index in [2.05, 4.69) is 10.4 Å². The molecule has 3 aromatic rings. The quantitative estimate of drug-likeness (QED) is 0.718. The van der Waals surface area contributed by atoms with Crippen LogP contribution >= 0.6 is 0 Å². The lowest BCUT2D eigenvalue weighted by molar-refractivity contribution is -0.122. The molecule has 0 aliphatic carbocycles. The molecule has 0 saturated heterocycles. The second-order valence-electron chi connectivity index (χ2n) is 5.95. The number of nitrogens with one attached hydrogen (secondary N) is 1. The van der Waals surface area contributed by atoms with Crippen LogP contribution in [0.5, 0.6) is 0 Å². The topological polar surface area (TPSA) is 90.0 Å². The fraction of sp³-hybridized carbons (Fsp3) is 0.105. The molecule has 1 unspecified atom stereocenters. The van der Waals surface area contributed by atoms with E-state index in [1.165, 1.54) is 4.68 Å². The third-order valence-corrected chi connectivity index (χ3v) is 4.34. The van der Waals surface area contributed by atoms with Gasteiger partial charge in [0.25, 0.3) is 5.91 Å². The van der Waals surface area contributed by atoms with Crippen molar-refractivity contribution >= 4 is 17.6 Å². The zero-order valence-electron chi connectivity index (χ0n) is 13.3. The van der Waals surface area contributed by atoms with Gasteiger partial charge in [-0.15, -0.1) is 0 Å². The highest BCUT2D eigenvalue weighted by Gasteiger charge is 2.38. The van der Waals surface area contributed by atoms with Gasteiger partial charge in [0.2, 0.25) is 5.91 Å². The number of nitrogen functional groups attached to an aromatic ring is 1. The highest BCUT2D eigenvalue weighted by atomic mass is 16.2. The first kappa shape index (κ1) is 15.1. The maximum atomic E-state index is 12.4. The van der Waals surface area contributed by atoms with Gasteiger partial charge in [0, 0.05) is 0 Å². The number of hydrogen-bond donors (Lipinski definition) is 2. The van der Waals surface area contributed by atoms with Crippen LogP contribution in [0.15, 0.2) is 60.7 Å². The minimum Gasteiger partial charge on any atom is -0.383 e. The van der Waals surface area contributed by atoms with E-state index in [1.54, 1.807) is 0 Å². The molecule has 2 amide bonds. The summed E-state index contributed by atoms with van der Waals surface area (Å²) in [6.07, 6.45) is 0.457. The van der Waals surface area contributed by atoms with Gasteiger partial charge in [0.1, 0.15) is 11.4 Å². The van der Waals surface area contributed by atoms with Crippen molar-refractivity contribution in [3.05, 3.63) is 77.5 Å². The zero-order valence-corrected chi connectivity index (χ0v) is 13.3. The van der Waals surface area contributed by atoms with E-state index in [-0.39, 0.29) is 17.3 Å². The summed E-state index contributed by atoms with van der Waals surface area (Å²) in [6, 6.07) is 18.9. The molecule has 3 N–H and O–H groups in total. The summed E-state index contributed by atoms with van der Waals surface area (Å²) in [5.41, 5.74) is 8.63. The fourth-order valence-corrected chi connectivity index (χ4v) is 3.12. The smallest absolute Gasteiger partial charge is 0.263 e. The molecule has 1 aliphatic rings. The molecule has 4 rings (SSSR count). The van der Waals surface area contributed by atoms with Crippen molar-refractivity contribution < 1.29 is 9.59 Å². The molecule has 1 aliphatic heterocycles. The molecule has 0 spiro atoms. The summed E-state index contributed by atoms with van der Waals surface area (Å²) < 4.78 is 1.51. The molecule has 1 aromatic heterocycles. The number of fused-ring (bicyclic) bond motifs is 1. The number of amides is 2. The van der Waals surface area contributed by atoms with Crippen molar-refractivity contribution in [2.75, 3.05) is 5.73 Å². The van der Waals surface area contributed by atoms with Crippen LogP contribution in [0.3, 0.4) is 0 Å². The number of carbonyl (C=O) groups is 2. The van der Waals surface area contributed by atoms with Gasteiger partial charge in [-0.3, -0.25) is 14.9 Å². The molecule has 0 bridgehead atoms. The van der Waals surface area contributed by atoms with E-state index in [9.17, 15) is 9.59 Å². The van der Waals surface area contributed by atoms with Crippen LogP contribution in [0.1, 0.15) is 27.5 Å². The average Bonchev–Trinajstić information content (AvgIpc) is 2.98. The molecule has 0 saturated carbocycles.